The highest BCUT2D eigenvalue weighted by atomic mass is 16.5. The summed E-state index contributed by atoms with van der Waals surface area (Å²) in [6, 6.07) is 23.3. The highest BCUT2D eigenvalue weighted by Gasteiger charge is 2.29. The molecule has 2 unspecified atom stereocenters. The zero-order valence-electron chi connectivity index (χ0n) is 27.0. The van der Waals surface area contributed by atoms with Crippen LogP contribution >= 0.6 is 0 Å². The van der Waals surface area contributed by atoms with E-state index in [1.54, 1.807) is 7.11 Å². The van der Waals surface area contributed by atoms with Gasteiger partial charge in [0.25, 0.3) is 0 Å². The summed E-state index contributed by atoms with van der Waals surface area (Å²) < 4.78 is 5.26. The first-order valence-corrected chi connectivity index (χ1v) is 15.9. The molecule has 0 spiro atoms. The molecule has 2 atom stereocenters. The Morgan fingerprint density at radius 3 is 1.78 bits per heavy atom. The number of nitrogens with zero attached hydrogens (tertiary/aromatic N) is 1. The summed E-state index contributed by atoms with van der Waals surface area (Å²) in [4.78, 5) is 5.10. The van der Waals surface area contributed by atoms with Crippen LogP contribution in [0.4, 0.5) is 0 Å². The molecule has 1 heterocycles. The molecular weight excluding hydrogens is 498 g/mol. The van der Waals surface area contributed by atoms with E-state index in [9.17, 15) is 0 Å². The van der Waals surface area contributed by atoms with Gasteiger partial charge in [-0.1, -0.05) is 128 Å². The van der Waals surface area contributed by atoms with E-state index in [0.29, 0.717) is 11.8 Å². The number of benzene rings is 3. The average molecular weight is 552 g/mol. The molecule has 0 saturated carbocycles. The van der Waals surface area contributed by atoms with Gasteiger partial charge < -0.3 is 4.74 Å². The van der Waals surface area contributed by atoms with Crippen molar-refractivity contribution < 1.29 is 4.74 Å². The van der Waals surface area contributed by atoms with Gasteiger partial charge in [0.05, 0.1) is 0 Å². The molecule has 0 saturated heterocycles. The highest BCUT2D eigenvalue weighted by molar-refractivity contribution is 5.96. The molecule has 0 bridgehead atoms. The quantitative estimate of drug-likeness (QED) is 0.230. The maximum Gasteiger partial charge on any atom is 0.0462 e. The lowest BCUT2D eigenvalue weighted by molar-refractivity contribution is 0.191. The summed E-state index contributed by atoms with van der Waals surface area (Å²) >= 11 is 0. The first kappa shape index (κ1) is 31.2. The Kier molecular flexibility index (Phi) is 10.3. The summed E-state index contributed by atoms with van der Waals surface area (Å²) in [5, 5.41) is 0. The number of rotatable bonds is 10. The van der Waals surface area contributed by atoms with Crippen molar-refractivity contribution in [2.75, 3.05) is 20.3 Å². The van der Waals surface area contributed by atoms with Gasteiger partial charge in [-0.05, 0) is 80.9 Å². The molecule has 0 aliphatic carbocycles. The van der Waals surface area contributed by atoms with Crippen molar-refractivity contribution in [3.05, 3.63) is 82.9 Å². The molecule has 0 amide bonds. The Labute approximate surface area is 250 Å². The van der Waals surface area contributed by atoms with Crippen LogP contribution in [0.25, 0.3) is 22.3 Å². The molecular formula is C39H53NO. The van der Waals surface area contributed by atoms with Crippen LogP contribution in [0.5, 0.6) is 0 Å². The van der Waals surface area contributed by atoms with E-state index in [4.69, 9.17) is 9.73 Å². The van der Waals surface area contributed by atoms with Gasteiger partial charge in [-0.3, -0.25) is 4.99 Å². The molecule has 4 rings (SSSR count). The summed E-state index contributed by atoms with van der Waals surface area (Å²) in [5.41, 5.74) is 11.1. The van der Waals surface area contributed by atoms with Crippen LogP contribution in [0.3, 0.4) is 0 Å². The molecule has 3 aromatic carbocycles. The van der Waals surface area contributed by atoms with Gasteiger partial charge in [0.1, 0.15) is 0 Å². The Hall–Kier alpha value is -2.71. The number of methoxy groups -OCH3 is 1. The molecule has 1 aliphatic heterocycles. The monoisotopic (exact) mass is 551 g/mol. The molecule has 220 valence electrons. The molecule has 41 heavy (non-hydrogen) atoms. The summed E-state index contributed by atoms with van der Waals surface area (Å²) in [6.07, 6.45) is 9.51. The first-order valence-electron chi connectivity index (χ1n) is 15.9. The van der Waals surface area contributed by atoms with Gasteiger partial charge in [-0.25, -0.2) is 0 Å². The minimum atomic E-state index is 0.143. The van der Waals surface area contributed by atoms with E-state index < -0.39 is 0 Å². The maximum absolute atomic E-state index is 5.26. The van der Waals surface area contributed by atoms with Crippen molar-refractivity contribution >= 4 is 6.21 Å². The van der Waals surface area contributed by atoms with Crippen LogP contribution in [0.2, 0.25) is 0 Å². The second-order valence-corrected chi connectivity index (χ2v) is 14.1. The molecule has 0 N–H and O–H groups in total. The summed E-state index contributed by atoms with van der Waals surface area (Å²) in [6.45, 7) is 17.9. The Morgan fingerprint density at radius 1 is 0.707 bits per heavy atom. The van der Waals surface area contributed by atoms with Gasteiger partial charge in [0, 0.05) is 32.0 Å². The maximum atomic E-state index is 5.26. The molecule has 3 aromatic rings. The number of hydrogen-bond donors (Lipinski definition) is 0. The lowest BCUT2D eigenvalue weighted by Gasteiger charge is -2.29. The van der Waals surface area contributed by atoms with Crippen LogP contribution in [-0.2, 0) is 15.6 Å². The van der Waals surface area contributed by atoms with Crippen LogP contribution < -0.4 is 0 Å². The lowest BCUT2D eigenvalue weighted by Crippen LogP contribution is -2.17. The van der Waals surface area contributed by atoms with Crippen LogP contribution in [0, 0.1) is 5.92 Å². The predicted octanol–water partition coefficient (Wildman–Crippen LogP) is 10.8. The van der Waals surface area contributed by atoms with Crippen LogP contribution in [-0.4, -0.2) is 26.5 Å². The third-order valence-corrected chi connectivity index (χ3v) is 9.02. The van der Waals surface area contributed by atoms with E-state index in [1.165, 1.54) is 70.2 Å². The van der Waals surface area contributed by atoms with Gasteiger partial charge in [-0.15, -0.1) is 0 Å². The number of unbranched alkanes of at least 4 members (excludes halogenated alkanes) is 3. The second kappa shape index (κ2) is 13.5. The molecule has 0 fully saturated rings. The predicted molar refractivity (Wildman–Crippen MR) is 179 cm³/mol. The minimum Gasteiger partial charge on any atom is -0.385 e. The highest BCUT2D eigenvalue weighted by Crippen LogP contribution is 2.44. The van der Waals surface area contributed by atoms with E-state index >= 15 is 0 Å². The van der Waals surface area contributed by atoms with Crippen molar-refractivity contribution in [3.8, 4) is 22.3 Å². The van der Waals surface area contributed by atoms with Crippen LogP contribution in [0.1, 0.15) is 115 Å². The summed E-state index contributed by atoms with van der Waals surface area (Å²) in [5.74, 6) is 1.05. The number of fused-ring (bicyclic) bond motifs is 1. The zero-order chi connectivity index (χ0) is 29.6. The molecule has 0 radical (unpaired) electrons. The fourth-order valence-corrected chi connectivity index (χ4v) is 6.46. The zero-order valence-corrected chi connectivity index (χ0v) is 27.0. The van der Waals surface area contributed by atoms with Gasteiger partial charge in [-0.2, -0.15) is 0 Å². The van der Waals surface area contributed by atoms with Crippen molar-refractivity contribution in [2.24, 2.45) is 10.9 Å². The van der Waals surface area contributed by atoms with Crippen molar-refractivity contribution in [1.82, 2.24) is 0 Å². The van der Waals surface area contributed by atoms with Crippen LogP contribution in [0.15, 0.2) is 65.7 Å². The molecule has 1 aliphatic rings. The Morgan fingerprint density at radius 2 is 1.24 bits per heavy atom. The van der Waals surface area contributed by atoms with E-state index in [0.717, 1.165) is 26.0 Å². The normalized spacial score (nSPS) is 17.4. The van der Waals surface area contributed by atoms with Gasteiger partial charge >= 0.3 is 0 Å². The Bertz CT molecular complexity index is 1290. The number of aliphatic imine (C=N–C) groups is 1. The van der Waals surface area contributed by atoms with E-state index in [1.807, 2.05) is 0 Å². The SMILES string of the molecule is CCC1c2c(-c3ccc(C(C)(C)C)cc3)ccc(-c3ccc(C(C)(C)C)cc3)c2C=NCC1CCCCCCOC. The number of hydrogen-bond acceptors (Lipinski definition) is 2. The topological polar surface area (TPSA) is 21.6 Å². The standard InChI is InChI=1S/C39H53NO/c1-9-33-30(14-12-10-11-13-25-41-8)26-40-27-36-34(28-15-19-31(20-16-28)38(2,3)4)23-24-35(37(33)36)29-17-21-32(22-18-29)39(5,6)7/h15-24,27,30,33H,9-14,25-26H2,1-8H3. The average Bonchev–Trinajstić information content (AvgIpc) is 3.13. The van der Waals surface area contributed by atoms with Crippen molar-refractivity contribution in [1.29, 1.82) is 0 Å². The third kappa shape index (κ3) is 7.58. The fraction of sp³-hybridized carbons (Fsp3) is 0.513. The largest absolute Gasteiger partial charge is 0.385 e. The fourth-order valence-electron chi connectivity index (χ4n) is 6.46. The van der Waals surface area contributed by atoms with Gasteiger partial charge in [0.15, 0.2) is 0 Å². The smallest absolute Gasteiger partial charge is 0.0462 e. The third-order valence-electron chi connectivity index (χ3n) is 9.02. The van der Waals surface area contributed by atoms with Gasteiger partial charge in [0.2, 0.25) is 0 Å². The van der Waals surface area contributed by atoms with E-state index in [2.05, 4.69) is 115 Å². The summed E-state index contributed by atoms with van der Waals surface area (Å²) in [7, 11) is 1.80. The molecule has 2 nitrogen and oxygen atoms in total. The lowest BCUT2D eigenvalue weighted by atomic mass is 9.75. The Balaban J connectivity index is 1.77. The second-order valence-electron chi connectivity index (χ2n) is 14.1. The first-order chi connectivity index (χ1) is 19.5. The minimum absolute atomic E-state index is 0.143. The van der Waals surface area contributed by atoms with Crippen molar-refractivity contribution in [2.45, 2.75) is 104 Å². The molecule has 2 heteroatoms. The van der Waals surface area contributed by atoms with E-state index in [-0.39, 0.29) is 10.8 Å². The molecule has 0 aromatic heterocycles. The number of ether oxygens (including phenoxy) is 1. The van der Waals surface area contributed by atoms with Crippen molar-refractivity contribution in [3.63, 3.8) is 0 Å².